The van der Waals surface area contributed by atoms with Crippen LogP contribution in [0.1, 0.15) is 26.2 Å². The highest BCUT2D eigenvalue weighted by molar-refractivity contribution is 7.80. The van der Waals surface area contributed by atoms with Crippen molar-refractivity contribution in [3.8, 4) is 0 Å². The molecule has 2 rings (SSSR count). The number of thiocarbonyl (C=S) groups is 1. The van der Waals surface area contributed by atoms with Gasteiger partial charge in [-0.25, -0.2) is 0 Å². The zero-order valence-corrected chi connectivity index (χ0v) is 14.5. The van der Waals surface area contributed by atoms with Crippen LogP contribution in [0.4, 0.5) is 5.69 Å². The predicted octanol–water partition coefficient (Wildman–Crippen LogP) is 4.15. The van der Waals surface area contributed by atoms with Crippen molar-refractivity contribution < 1.29 is 0 Å². The smallest absolute Gasteiger partial charge is 0.170 e. The van der Waals surface area contributed by atoms with E-state index in [0.29, 0.717) is 21.2 Å². The molecule has 0 atom stereocenters. The molecule has 116 valence electrons. The first-order chi connectivity index (χ1) is 10.1. The van der Waals surface area contributed by atoms with E-state index in [1.54, 1.807) is 6.07 Å². The molecule has 0 spiro atoms. The molecule has 2 N–H and O–H groups in total. The molecule has 0 amide bonds. The molecular weight excluding hydrogens is 325 g/mol. The number of hydrogen-bond acceptors (Lipinski definition) is 2. The molecule has 1 aliphatic heterocycles. The topological polar surface area (TPSA) is 27.3 Å². The van der Waals surface area contributed by atoms with E-state index >= 15 is 0 Å². The highest BCUT2D eigenvalue weighted by atomic mass is 35.5. The molecule has 1 aromatic rings. The van der Waals surface area contributed by atoms with Gasteiger partial charge >= 0.3 is 0 Å². The number of anilines is 1. The lowest BCUT2D eigenvalue weighted by atomic mass is 10.1. The Kier molecular flexibility index (Phi) is 6.55. The third-order valence-electron chi connectivity index (χ3n) is 3.58. The van der Waals surface area contributed by atoms with Crippen LogP contribution in [0.2, 0.25) is 10.0 Å². The highest BCUT2D eigenvalue weighted by Crippen LogP contribution is 2.22. The van der Waals surface area contributed by atoms with Gasteiger partial charge in [-0.2, -0.15) is 0 Å². The summed E-state index contributed by atoms with van der Waals surface area (Å²) in [5.41, 5.74) is 0.813. The lowest BCUT2D eigenvalue weighted by Crippen LogP contribution is -2.45. The van der Waals surface area contributed by atoms with Crippen molar-refractivity contribution >= 4 is 46.2 Å². The van der Waals surface area contributed by atoms with Crippen molar-refractivity contribution in [3.05, 3.63) is 28.2 Å². The molecule has 6 heteroatoms. The Labute approximate surface area is 142 Å². The summed E-state index contributed by atoms with van der Waals surface area (Å²) in [5, 5.41) is 8.34. The van der Waals surface area contributed by atoms with Gasteiger partial charge in [0, 0.05) is 34.9 Å². The molecule has 21 heavy (non-hydrogen) atoms. The quantitative estimate of drug-likeness (QED) is 0.801. The Morgan fingerprint density at radius 1 is 1.24 bits per heavy atom. The lowest BCUT2D eigenvalue weighted by molar-refractivity contribution is 0.207. The Balaban J connectivity index is 1.80. The molecule has 1 aliphatic rings. The molecule has 1 heterocycles. The van der Waals surface area contributed by atoms with Crippen LogP contribution in [0, 0.1) is 0 Å². The van der Waals surface area contributed by atoms with Crippen LogP contribution in [0.5, 0.6) is 0 Å². The standard InChI is InChI=1S/C15H21Cl2N3S/c1-2-5-20-6-3-13(4-7-20)18-15(21)19-14-9-11(16)8-12(17)10-14/h8-10,13H,2-7H2,1H3,(H2,18,19,21). The normalized spacial score (nSPS) is 16.7. The fourth-order valence-corrected chi connectivity index (χ4v) is 3.41. The first kappa shape index (κ1) is 16.8. The van der Waals surface area contributed by atoms with Crippen molar-refractivity contribution in [1.29, 1.82) is 0 Å². The van der Waals surface area contributed by atoms with Crippen molar-refractivity contribution in [2.24, 2.45) is 0 Å². The maximum Gasteiger partial charge on any atom is 0.170 e. The number of nitrogens with one attached hydrogen (secondary N) is 2. The minimum atomic E-state index is 0.438. The summed E-state index contributed by atoms with van der Waals surface area (Å²) in [6, 6.07) is 5.76. The number of piperidine rings is 1. The summed E-state index contributed by atoms with van der Waals surface area (Å²) < 4.78 is 0. The molecule has 3 nitrogen and oxygen atoms in total. The maximum absolute atomic E-state index is 5.98. The Hall–Kier alpha value is -0.550. The Morgan fingerprint density at radius 2 is 1.86 bits per heavy atom. The second kappa shape index (κ2) is 8.18. The Bertz CT molecular complexity index is 468. The van der Waals surface area contributed by atoms with E-state index in [1.807, 2.05) is 12.1 Å². The van der Waals surface area contributed by atoms with Gasteiger partial charge in [-0.15, -0.1) is 0 Å². The van der Waals surface area contributed by atoms with E-state index in [0.717, 1.165) is 31.6 Å². The van der Waals surface area contributed by atoms with Gasteiger partial charge in [-0.1, -0.05) is 30.1 Å². The van der Waals surface area contributed by atoms with E-state index in [1.165, 1.54) is 13.0 Å². The lowest BCUT2D eigenvalue weighted by Gasteiger charge is -2.32. The molecular formula is C15H21Cl2N3S. The number of hydrogen-bond donors (Lipinski definition) is 2. The molecule has 1 saturated heterocycles. The van der Waals surface area contributed by atoms with E-state index in [9.17, 15) is 0 Å². The van der Waals surface area contributed by atoms with Gasteiger partial charge < -0.3 is 15.5 Å². The monoisotopic (exact) mass is 345 g/mol. The summed E-state index contributed by atoms with van der Waals surface area (Å²) in [4.78, 5) is 2.51. The Morgan fingerprint density at radius 3 is 2.43 bits per heavy atom. The second-order valence-electron chi connectivity index (χ2n) is 5.37. The molecule has 1 aromatic carbocycles. The number of likely N-dealkylation sites (tertiary alicyclic amines) is 1. The number of benzene rings is 1. The summed E-state index contributed by atoms with van der Waals surface area (Å²) in [6.45, 7) is 5.68. The SMILES string of the molecule is CCCN1CCC(NC(=S)Nc2cc(Cl)cc(Cl)c2)CC1. The van der Waals surface area contributed by atoms with Gasteiger partial charge in [0.15, 0.2) is 5.11 Å². The zero-order valence-electron chi connectivity index (χ0n) is 12.2. The van der Waals surface area contributed by atoms with Gasteiger partial charge in [-0.05, 0) is 56.2 Å². The number of halogens is 2. The van der Waals surface area contributed by atoms with E-state index < -0.39 is 0 Å². The number of rotatable bonds is 4. The summed E-state index contributed by atoms with van der Waals surface area (Å²) in [7, 11) is 0. The van der Waals surface area contributed by atoms with E-state index in [4.69, 9.17) is 35.4 Å². The van der Waals surface area contributed by atoms with Crippen LogP contribution in [-0.4, -0.2) is 35.7 Å². The first-order valence-corrected chi connectivity index (χ1v) is 8.49. The minimum absolute atomic E-state index is 0.438. The van der Waals surface area contributed by atoms with Crippen molar-refractivity contribution in [2.45, 2.75) is 32.2 Å². The van der Waals surface area contributed by atoms with E-state index in [2.05, 4.69) is 22.5 Å². The van der Waals surface area contributed by atoms with Crippen LogP contribution in [-0.2, 0) is 0 Å². The van der Waals surface area contributed by atoms with Crippen LogP contribution in [0.15, 0.2) is 18.2 Å². The van der Waals surface area contributed by atoms with Crippen molar-refractivity contribution in [1.82, 2.24) is 10.2 Å². The third kappa shape index (κ3) is 5.62. The van der Waals surface area contributed by atoms with E-state index in [-0.39, 0.29) is 0 Å². The van der Waals surface area contributed by atoms with Crippen LogP contribution >= 0.6 is 35.4 Å². The zero-order chi connectivity index (χ0) is 15.2. The molecule has 0 aliphatic carbocycles. The van der Waals surface area contributed by atoms with Gasteiger partial charge in [0.25, 0.3) is 0 Å². The van der Waals surface area contributed by atoms with Gasteiger partial charge in [-0.3, -0.25) is 0 Å². The second-order valence-corrected chi connectivity index (χ2v) is 6.65. The number of nitrogens with zero attached hydrogens (tertiary/aromatic N) is 1. The fourth-order valence-electron chi connectivity index (χ4n) is 2.60. The van der Waals surface area contributed by atoms with Crippen molar-refractivity contribution in [2.75, 3.05) is 25.0 Å². The van der Waals surface area contributed by atoms with Crippen LogP contribution in [0.25, 0.3) is 0 Å². The predicted molar refractivity (Wildman–Crippen MR) is 95.6 cm³/mol. The molecule has 0 aromatic heterocycles. The third-order valence-corrected chi connectivity index (χ3v) is 4.24. The summed E-state index contributed by atoms with van der Waals surface area (Å²) in [5.74, 6) is 0. The average molecular weight is 346 g/mol. The average Bonchev–Trinajstić information content (AvgIpc) is 2.40. The fraction of sp³-hybridized carbons (Fsp3) is 0.533. The molecule has 1 fully saturated rings. The van der Waals surface area contributed by atoms with Crippen molar-refractivity contribution in [3.63, 3.8) is 0 Å². The molecule has 0 unspecified atom stereocenters. The molecule has 0 saturated carbocycles. The first-order valence-electron chi connectivity index (χ1n) is 7.33. The van der Waals surface area contributed by atoms with Crippen LogP contribution in [0.3, 0.4) is 0 Å². The molecule has 0 radical (unpaired) electrons. The van der Waals surface area contributed by atoms with Gasteiger partial charge in [0.2, 0.25) is 0 Å². The highest BCUT2D eigenvalue weighted by Gasteiger charge is 2.18. The van der Waals surface area contributed by atoms with Gasteiger partial charge in [0.05, 0.1) is 0 Å². The largest absolute Gasteiger partial charge is 0.360 e. The maximum atomic E-state index is 5.98. The minimum Gasteiger partial charge on any atom is -0.360 e. The molecule has 0 bridgehead atoms. The summed E-state index contributed by atoms with van der Waals surface area (Å²) >= 11 is 17.3. The van der Waals surface area contributed by atoms with Gasteiger partial charge in [0.1, 0.15) is 0 Å². The summed E-state index contributed by atoms with van der Waals surface area (Å²) in [6.07, 6.45) is 3.46. The van der Waals surface area contributed by atoms with Crippen LogP contribution < -0.4 is 10.6 Å².